The van der Waals surface area contributed by atoms with Crippen LogP contribution in [-0.4, -0.2) is 63.6 Å². The van der Waals surface area contributed by atoms with E-state index in [0.717, 1.165) is 10.6 Å². The highest BCUT2D eigenvalue weighted by molar-refractivity contribution is 7.88. The van der Waals surface area contributed by atoms with Crippen LogP contribution in [0.5, 0.6) is 11.5 Å². The molecule has 1 fully saturated rings. The Hall–Kier alpha value is -3.18. The first-order valence-electron chi connectivity index (χ1n) is 10.0. The summed E-state index contributed by atoms with van der Waals surface area (Å²) < 4.78 is 49.3. The number of carbonyl (C=O) groups is 2. The number of methoxy groups -OCH3 is 2. The van der Waals surface area contributed by atoms with Crippen LogP contribution in [0.15, 0.2) is 42.5 Å². The second-order valence-corrected chi connectivity index (χ2v) is 9.86. The van der Waals surface area contributed by atoms with Gasteiger partial charge in [-0.1, -0.05) is 12.1 Å². The second kappa shape index (κ2) is 9.36. The van der Waals surface area contributed by atoms with Crippen molar-refractivity contribution in [1.82, 2.24) is 9.62 Å². The number of nitrogens with one attached hydrogen (secondary N) is 1. The van der Waals surface area contributed by atoms with Crippen molar-refractivity contribution in [3.8, 4) is 11.5 Å². The molecule has 3 rings (SSSR count). The van der Waals surface area contributed by atoms with E-state index < -0.39 is 39.7 Å². The molecular formula is C22H26FN3O6S. The van der Waals surface area contributed by atoms with Crippen molar-refractivity contribution in [2.75, 3.05) is 38.5 Å². The molecule has 0 saturated carbocycles. The topological polar surface area (TPSA) is 105 Å². The Labute approximate surface area is 192 Å². The van der Waals surface area contributed by atoms with Crippen molar-refractivity contribution in [1.29, 1.82) is 0 Å². The molecule has 0 spiro atoms. The summed E-state index contributed by atoms with van der Waals surface area (Å²) in [6, 6.07) is 10.4. The number of anilines is 1. The molecule has 1 aliphatic rings. The van der Waals surface area contributed by atoms with E-state index in [0.29, 0.717) is 17.0 Å². The summed E-state index contributed by atoms with van der Waals surface area (Å²) >= 11 is 0. The average Bonchev–Trinajstić information content (AvgIpc) is 2.77. The largest absolute Gasteiger partial charge is 0.497 e. The van der Waals surface area contributed by atoms with Gasteiger partial charge in [-0.05, 0) is 36.8 Å². The third-order valence-electron chi connectivity index (χ3n) is 5.49. The molecule has 1 atom stereocenters. The summed E-state index contributed by atoms with van der Waals surface area (Å²) in [5.41, 5.74) is -0.653. The Morgan fingerprint density at radius 1 is 1.15 bits per heavy atom. The highest BCUT2D eigenvalue weighted by atomic mass is 32.2. The van der Waals surface area contributed by atoms with Crippen LogP contribution in [0.4, 0.5) is 10.1 Å². The first kappa shape index (κ1) is 24.5. The van der Waals surface area contributed by atoms with E-state index in [9.17, 15) is 22.4 Å². The first-order chi connectivity index (χ1) is 15.5. The predicted molar refractivity (Wildman–Crippen MR) is 120 cm³/mol. The lowest BCUT2D eigenvalue weighted by Crippen LogP contribution is -2.70. The van der Waals surface area contributed by atoms with Gasteiger partial charge in [-0.25, -0.2) is 12.8 Å². The van der Waals surface area contributed by atoms with Crippen LogP contribution < -0.4 is 19.7 Å². The van der Waals surface area contributed by atoms with Gasteiger partial charge in [0.15, 0.2) is 0 Å². The summed E-state index contributed by atoms with van der Waals surface area (Å²) in [4.78, 5) is 27.9. The molecule has 9 nitrogen and oxygen atoms in total. The molecule has 0 aromatic heterocycles. The summed E-state index contributed by atoms with van der Waals surface area (Å²) in [7, 11) is -0.853. The van der Waals surface area contributed by atoms with Crippen LogP contribution in [0.2, 0.25) is 0 Å². The van der Waals surface area contributed by atoms with E-state index in [1.165, 1.54) is 50.3 Å². The van der Waals surface area contributed by atoms with E-state index >= 15 is 0 Å². The van der Waals surface area contributed by atoms with Gasteiger partial charge in [-0.3, -0.25) is 14.5 Å². The second-order valence-electron chi connectivity index (χ2n) is 7.88. The summed E-state index contributed by atoms with van der Waals surface area (Å²) in [6.45, 7) is 0.873. The van der Waals surface area contributed by atoms with Gasteiger partial charge in [0.2, 0.25) is 21.8 Å². The van der Waals surface area contributed by atoms with Crippen LogP contribution in [0.25, 0.3) is 0 Å². The van der Waals surface area contributed by atoms with Crippen molar-refractivity contribution in [2.45, 2.75) is 19.0 Å². The molecule has 2 amide bonds. The lowest BCUT2D eigenvalue weighted by atomic mass is 9.94. The minimum Gasteiger partial charge on any atom is -0.497 e. The zero-order chi connectivity index (χ0) is 24.4. The van der Waals surface area contributed by atoms with Gasteiger partial charge < -0.3 is 14.8 Å². The Bertz CT molecular complexity index is 1160. The molecule has 0 bridgehead atoms. The number of piperazine rings is 1. The lowest BCUT2D eigenvalue weighted by molar-refractivity contribution is -0.133. The molecule has 2 aromatic carbocycles. The molecule has 1 N–H and O–H groups in total. The number of hydrogen-bond donors (Lipinski definition) is 1. The van der Waals surface area contributed by atoms with Gasteiger partial charge in [0.25, 0.3) is 0 Å². The smallest absolute Gasteiger partial charge is 0.247 e. The van der Waals surface area contributed by atoms with Crippen LogP contribution >= 0.6 is 0 Å². The number of nitrogens with zero attached hydrogens (tertiary/aromatic N) is 2. The predicted octanol–water partition coefficient (Wildman–Crippen LogP) is 1.53. The van der Waals surface area contributed by atoms with Crippen LogP contribution in [0.3, 0.4) is 0 Å². The van der Waals surface area contributed by atoms with Crippen molar-refractivity contribution < 1.29 is 31.9 Å². The quantitative estimate of drug-likeness (QED) is 0.646. The number of ether oxygens (including phenoxy) is 2. The Balaban J connectivity index is 2.01. The van der Waals surface area contributed by atoms with Crippen molar-refractivity contribution in [3.05, 3.63) is 53.8 Å². The SMILES string of the molecule is COc1ccc(N2C(=O)CN(S(C)(=O)=O)CC2(C)C(=O)NCc2ccc(F)cc2)c(OC)c1. The minimum absolute atomic E-state index is 0.0648. The molecule has 0 aliphatic carbocycles. The van der Waals surface area contributed by atoms with Crippen molar-refractivity contribution in [2.24, 2.45) is 0 Å². The summed E-state index contributed by atoms with van der Waals surface area (Å²) in [5.74, 6) is -0.800. The number of rotatable bonds is 7. The van der Waals surface area contributed by atoms with Gasteiger partial charge in [-0.2, -0.15) is 4.31 Å². The maximum absolute atomic E-state index is 13.4. The van der Waals surface area contributed by atoms with E-state index in [2.05, 4.69) is 5.32 Å². The maximum Gasteiger partial charge on any atom is 0.247 e. The normalized spacial score (nSPS) is 19.3. The molecule has 33 heavy (non-hydrogen) atoms. The van der Waals surface area contributed by atoms with E-state index in [1.807, 2.05) is 0 Å². The Morgan fingerprint density at radius 3 is 2.39 bits per heavy atom. The molecular weight excluding hydrogens is 453 g/mol. The molecule has 0 radical (unpaired) electrons. The lowest BCUT2D eigenvalue weighted by Gasteiger charge is -2.46. The number of halogens is 1. The monoisotopic (exact) mass is 479 g/mol. The van der Waals surface area contributed by atoms with Crippen LogP contribution in [0, 0.1) is 5.82 Å². The number of hydrogen-bond acceptors (Lipinski definition) is 6. The average molecular weight is 480 g/mol. The molecule has 178 valence electrons. The Morgan fingerprint density at radius 2 is 1.82 bits per heavy atom. The Kier molecular flexibility index (Phi) is 6.94. The maximum atomic E-state index is 13.4. The van der Waals surface area contributed by atoms with Gasteiger partial charge in [0, 0.05) is 19.2 Å². The van der Waals surface area contributed by atoms with Gasteiger partial charge in [0.05, 0.1) is 32.7 Å². The van der Waals surface area contributed by atoms with Gasteiger partial charge in [-0.15, -0.1) is 0 Å². The highest BCUT2D eigenvalue weighted by Gasteiger charge is 2.51. The van der Waals surface area contributed by atoms with Crippen molar-refractivity contribution >= 4 is 27.5 Å². The van der Waals surface area contributed by atoms with Crippen LogP contribution in [0.1, 0.15) is 12.5 Å². The van der Waals surface area contributed by atoms with E-state index in [1.54, 1.807) is 18.2 Å². The molecule has 11 heteroatoms. The molecule has 1 unspecified atom stereocenters. The molecule has 1 saturated heterocycles. The zero-order valence-electron chi connectivity index (χ0n) is 18.8. The van der Waals surface area contributed by atoms with Gasteiger partial charge in [0.1, 0.15) is 22.9 Å². The molecule has 2 aromatic rings. The molecule has 1 aliphatic heterocycles. The van der Waals surface area contributed by atoms with Gasteiger partial charge >= 0.3 is 0 Å². The third-order valence-corrected chi connectivity index (χ3v) is 6.69. The fourth-order valence-corrected chi connectivity index (χ4v) is 4.55. The highest BCUT2D eigenvalue weighted by Crippen LogP contribution is 2.38. The summed E-state index contributed by atoms with van der Waals surface area (Å²) in [5, 5.41) is 2.74. The number of amides is 2. The summed E-state index contributed by atoms with van der Waals surface area (Å²) in [6.07, 6.45) is 0.987. The van der Waals surface area contributed by atoms with Crippen LogP contribution in [-0.2, 0) is 26.2 Å². The fourth-order valence-electron chi connectivity index (χ4n) is 3.72. The fraction of sp³-hybridized carbons (Fsp3) is 0.364. The number of sulfonamides is 1. The van der Waals surface area contributed by atoms with Crippen molar-refractivity contribution in [3.63, 3.8) is 0 Å². The number of benzene rings is 2. The molecule has 1 heterocycles. The minimum atomic E-state index is -3.75. The van der Waals surface area contributed by atoms with E-state index in [4.69, 9.17) is 9.47 Å². The standard InChI is InChI=1S/C22H26FN3O6S/c1-22(21(28)24-12-15-5-7-16(23)8-6-15)14-25(33(4,29)30)13-20(27)26(22)18-10-9-17(31-2)11-19(18)32-3/h5-11H,12-14H2,1-4H3,(H,24,28). The first-order valence-corrected chi connectivity index (χ1v) is 11.9. The third kappa shape index (κ3) is 5.09. The number of carbonyl (C=O) groups excluding carboxylic acids is 2. The zero-order valence-corrected chi connectivity index (χ0v) is 19.6. The van der Waals surface area contributed by atoms with E-state index in [-0.39, 0.29) is 18.8 Å².